The standard InChI is InChI=1S/C26H32N4O2S/c31-25(30-15-7-14-29(16-17-30)18-20-8-2-1-3-9-20)24-22(19-33-26-27-12-6-13-28-26)21-10-4-5-11-23(21)32-24/h4-6,10-13,20H,1-3,7-9,14-19H2. The van der Waals surface area contributed by atoms with Crippen LogP contribution < -0.4 is 0 Å². The first-order chi connectivity index (χ1) is 16.3. The maximum absolute atomic E-state index is 13.6. The van der Waals surface area contributed by atoms with Crippen molar-refractivity contribution >= 4 is 28.6 Å². The number of benzene rings is 1. The van der Waals surface area contributed by atoms with E-state index in [0.717, 1.165) is 55.1 Å². The van der Waals surface area contributed by atoms with Gasteiger partial charge in [-0.3, -0.25) is 4.79 Å². The molecule has 1 aromatic carbocycles. The normalized spacial score (nSPS) is 18.5. The topological polar surface area (TPSA) is 62.5 Å². The fraction of sp³-hybridized carbons (Fsp3) is 0.500. The molecule has 2 fully saturated rings. The summed E-state index contributed by atoms with van der Waals surface area (Å²) in [6.07, 6.45) is 11.4. The molecular weight excluding hydrogens is 432 g/mol. The Hall–Kier alpha value is -2.38. The molecule has 3 aromatic rings. The summed E-state index contributed by atoms with van der Waals surface area (Å²) in [4.78, 5) is 26.8. The molecule has 5 rings (SSSR count). The van der Waals surface area contributed by atoms with Crippen LogP contribution in [0, 0.1) is 5.92 Å². The van der Waals surface area contributed by atoms with Gasteiger partial charge in [-0.05, 0) is 43.9 Å². The number of aromatic nitrogens is 2. The lowest BCUT2D eigenvalue weighted by Crippen LogP contribution is -2.37. The van der Waals surface area contributed by atoms with E-state index in [1.54, 1.807) is 12.4 Å². The minimum absolute atomic E-state index is 0.00953. The number of fused-ring (bicyclic) bond motifs is 1. The number of carbonyl (C=O) groups is 1. The first-order valence-electron chi connectivity index (χ1n) is 12.2. The summed E-state index contributed by atoms with van der Waals surface area (Å²) >= 11 is 1.53. The molecule has 1 aliphatic heterocycles. The molecule has 2 aromatic heterocycles. The Bertz CT molecular complexity index is 1060. The van der Waals surface area contributed by atoms with Crippen molar-refractivity contribution in [2.75, 3.05) is 32.7 Å². The molecule has 3 heterocycles. The van der Waals surface area contributed by atoms with Crippen LogP contribution in [-0.4, -0.2) is 58.4 Å². The second-order valence-electron chi connectivity index (χ2n) is 9.18. The van der Waals surface area contributed by atoms with E-state index in [4.69, 9.17) is 4.42 Å². The van der Waals surface area contributed by atoms with Gasteiger partial charge in [-0.2, -0.15) is 0 Å². The molecule has 0 radical (unpaired) electrons. The zero-order chi connectivity index (χ0) is 22.5. The Morgan fingerprint density at radius 3 is 2.64 bits per heavy atom. The lowest BCUT2D eigenvalue weighted by molar-refractivity contribution is 0.0729. The van der Waals surface area contributed by atoms with Crippen molar-refractivity contribution in [1.29, 1.82) is 0 Å². The number of amides is 1. The largest absolute Gasteiger partial charge is 0.451 e. The molecule has 0 atom stereocenters. The quantitative estimate of drug-likeness (QED) is 0.367. The summed E-state index contributed by atoms with van der Waals surface area (Å²) in [5.41, 5.74) is 1.70. The van der Waals surface area contributed by atoms with Gasteiger partial charge in [-0.1, -0.05) is 49.2 Å². The van der Waals surface area contributed by atoms with Gasteiger partial charge < -0.3 is 14.2 Å². The Balaban J connectivity index is 1.30. The van der Waals surface area contributed by atoms with Gasteiger partial charge in [0, 0.05) is 55.3 Å². The molecule has 0 unspecified atom stereocenters. The molecule has 0 bridgehead atoms. The third-order valence-corrected chi connectivity index (χ3v) is 7.80. The van der Waals surface area contributed by atoms with Gasteiger partial charge >= 0.3 is 0 Å². The van der Waals surface area contributed by atoms with Crippen LogP contribution in [0.3, 0.4) is 0 Å². The Morgan fingerprint density at radius 2 is 1.79 bits per heavy atom. The highest BCUT2D eigenvalue weighted by Crippen LogP contribution is 2.32. The molecule has 1 aliphatic carbocycles. The third kappa shape index (κ3) is 5.41. The number of hydrogen-bond donors (Lipinski definition) is 0. The Morgan fingerprint density at radius 1 is 0.970 bits per heavy atom. The van der Waals surface area contributed by atoms with Gasteiger partial charge in [0.2, 0.25) is 0 Å². The van der Waals surface area contributed by atoms with Crippen molar-refractivity contribution < 1.29 is 9.21 Å². The van der Waals surface area contributed by atoms with Gasteiger partial charge in [0.1, 0.15) is 5.58 Å². The smallest absolute Gasteiger partial charge is 0.289 e. The van der Waals surface area contributed by atoms with E-state index in [-0.39, 0.29) is 5.91 Å². The molecule has 174 valence electrons. The molecule has 0 spiro atoms. The number of para-hydroxylation sites is 1. The molecule has 7 heteroatoms. The predicted octanol–water partition coefficient (Wildman–Crippen LogP) is 5.24. The van der Waals surface area contributed by atoms with Crippen molar-refractivity contribution in [3.8, 4) is 0 Å². The first-order valence-corrected chi connectivity index (χ1v) is 13.2. The molecule has 33 heavy (non-hydrogen) atoms. The third-order valence-electron chi connectivity index (χ3n) is 6.90. The van der Waals surface area contributed by atoms with Crippen LogP contribution in [0.25, 0.3) is 11.0 Å². The van der Waals surface area contributed by atoms with Crippen molar-refractivity contribution in [2.24, 2.45) is 5.92 Å². The van der Waals surface area contributed by atoms with Crippen LogP contribution >= 0.6 is 11.8 Å². The molecule has 6 nitrogen and oxygen atoms in total. The van der Waals surface area contributed by atoms with E-state index in [2.05, 4.69) is 14.9 Å². The van der Waals surface area contributed by atoms with Crippen molar-refractivity contribution in [3.63, 3.8) is 0 Å². The summed E-state index contributed by atoms with van der Waals surface area (Å²) in [6, 6.07) is 9.73. The summed E-state index contributed by atoms with van der Waals surface area (Å²) < 4.78 is 6.13. The SMILES string of the molecule is O=C(c1oc2ccccc2c1CSc1ncccn1)N1CCCN(CC2CCCCC2)CC1. The minimum Gasteiger partial charge on any atom is -0.451 e. The number of rotatable bonds is 6. The second-order valence-corrected chi connectivity index (χ2v) is 10.1. The van der Waals surface area contributed by atoms with Gasteiger partial charge in [-0.25, -0.2) is 9.97 Å². The van der Waals surface area contributed by atoms with Crippen LogP contribution in [0.15, 0.2) is 52.3 Å². The number of carbonyl (C=O) groups excluding carboxylic acids is 1. The number of thioether (sulfide) groups is 1. The molecule has 2 aliphatic rings. The lowest BCUT2D eigenvalue weighted by atomic mass is 9.89. The minimum atomic E-state index is 0.00953. The van der Waals surface area contributed by atoms with Crippen LogP contribution in [0.1, 0.15) is 54.6 Å². The van der Waals surface area contributed by atoms with Gasteiger partial charge in [0.25, 0.3) is 5.91 Å². The maximum Gasteiger partial charge on any atom is 0.289 e. The summed E-state index contributed by atoms with van der Waals surface area (Å²) in [5.74, 6) is 1.92. The van der Waals surface area contributed by atoms with Gasteiger partial charge in [0.15, 0.2) is 10.9 Å². The number of furan rings is 1. The van der Waals surface area contributed by atoms with E-state index in [0.29, 0.717) is 16.7 Å². The lowest BCUT2D eigenvalue weighted by Gasteiger charge is -2.28. The first kappa shape index (κ1) is 22.4. The highest BCUT2D eigenvalue weighted by molar-refractivity contribution is 7.98. The van der Waals surface area contributed by atoms with Crippen LogP contribution in [0.5, 0.6) is 0 Å². The Labute approximate surface area is 199 Å². The zero-order valence-corrected chi connectivity index (χ0v) is 19.9. The molecule has 1 saturated carbocycles. The fourth-order valence-corrected chi connectivity index (χ4v) is 5.98. The maximum atomic E-state index is 13.6. The number of nitrogens with zero attached hydrogens (tertiary/aromatic N) is 4. The molecule has 1 amide bonds. The summed E-state index contributed by atoms with van der Waals surface area (Å²) in [6.45, 7) is 4.76. The van der Waals surface area contributed by atoms with Crippen molar-refractivity contribution in [2.45, 2.75) is 49.4 Å². The summed E-state index contributed by atoms with van der Waals surface area (Å²) in [5, 5.41) is 1.70. The highest BCUT2D eigenvalue weighted by atomic mass is 32.2. The average molecular weight is 465 g/mol. The second kappa shape index (κ2) is 10.7. The van der Waals surface area contributed by atoms with Crippen molar-refractivity contribution in [3.05, 3.63) is 54.0 Å². The monoisotopic (exact) mass is 464 g/mol. The predicted molar refractivity (Wildman–Crippen MR) is 131 cm³/mol. The molecular formula is C26H32N4O2S. The van der Waals surface area contributed by atoms with Crippen LogP contribution in [0.4, 0.5) is 0 Å². The average Bonchev–Trinajstić information content (AvgIpc) is 3.07. The summed E-state index contributed by atoms with van der Waals surface area (Å²) in [7, 11) is 0. The van der Waals surface area contributed by atoms with E-state index in [9.17, 15) is 4.79 Å². The fourth-order valence-electron chi connectivity index (χ4n) is 5.15. The van der Waals surface area contributed by atoms with E-state index in [1.165, 1.54) is 50.4 Å². The number of hydrogen-bond acceptors (Lipinski definition) is 6. The van der Waals surface area contributed by atoms with E-state index in [1.807, 2.05) is 35.2 Å². The van der Waals surface area contributed by atoms with Crippen LogP contribution in [0.2, 0.25) is 0 Å². The van der Waals surface area contributed by atoms with Gasteiger partial charge in [-0.15, -0.1) is 0 Å². The van der Waals surface area contributed by atoms with E-state index >= 15 is 0 Å². The van der Waals surface area contributed by atoms with E-state index < -0.39 is 0 Å². The molecule has 0 N–H and O–H groups in total. The zero-order valence-electron chi connectivity index (χ0n) is 19.1. The highest BCUT2D eigenvalue weighted by Gasteiger charge is 2.28. The van der Waals surface area contributed by atoms with Crippen molar-refractivity contribution in [1.82, 2.24) is 19.8 Å². The van der Waals surface area contributed by atoms with Crippen LogP contribution in [-0.2, 0) is 5.75 Å². The Kier molecular flexibility index (Phi) is 7.27. The molecule has 1 saturated heterocycles. The van der Waals surface area contributed by atoms with Gasteiger partial charge in [0.05, 0.1) is 0 Å².